The van der Waals surface area contributed by atoms with Gasteiger partial charge in [-0.3, -0.25) is 0 Å². The minimum absolute atomic E-state index is 1.24. The molecule has 0 bridgehead atoms. The fourth-order valence-corrected chi connectivity index (χ4v) is 8.10. The van der Waals surface area contributed by atoms with Crippen molar-refractivity contribution in [2.75, 3.05) is 0 Å². The summed E-state index contributed by atoms with van der Waals surface area (Å²) < 4.78 is 0. The van der Waals surface area contributed by atoms with Crippen molar-refractivity contribution < 1.29 is 0 Å². The molecule has 0 heteroatoms. The Morgan fingerprint density at radius 1 is 0.267 bits per heavy atom. The summed E-state index contributed by atoms with van der Waals surface area (Å²) in [7, 11) is 0. The first kappa shape index (κ1) is 24.9. The molecule has 0 N–H and O–H groups in total. The third-order valence-corrected chi connectivity index (χ3v) is 10.3. The minimum atomic E-state index is 1.24. The number of rotatable bonds is 3. The summed E-state index contributed by atoms with van der Waals surface area (Å²) in [5.41, 5.74) is 7.59. The molecule has 45 heavy (non-hydrogen) atoms. The van der Waals surface area contributed by atoms with Crippen LogP contribution >= 0.6 is 0 Å². The fraction of sp³-hybridized carbons (Fsp3) is 0.0667. The molecule has 0 aromatic heterocycles. The summed E-state index contributed by atoms with van der Waals surface area (Å²) in [4.78, 5) is 0. The Morgan fingerprint density at radius 2 is 0.467 bits per heavy atom. The van der Waals surface area contributed by atoms with Crippen molar-refractivity contribution in [2.45, 2.75) is 20.8 Å². The van der Waals surface area contributed by atoms with E-state index in [1.165, 1.54) is 114 Å². The first-order valence-corrected chi connectivity index (χ1v) is 15.9. The van der Waals surface area contributed by atoms with Crippen LogP contribution in [-0.4, -0.2) is 0 Å². The summed E-state index contributed by atoms with van der Waals surface area (Å²) in [5, 5.41) is 20.7. The molecule has 0 radical (unpaired) electrons. The maximum atomic E-state index is 2.40. The van der Waals surface area contributed by atoms with Crippen molar-refractivity contribution in [2.24, 2.45) is 0 Å². The van der Waals surface area contributed by atoms with Crippen LogP contribution in [-0.2, 0) is 0 Å². The SMILES string of the molecule is Cc1ccc(C=c2c3ccc4c(=Cc5ccc(C)cc5)c5ccc6c(=Cc7ccc(C)cc7)c7ccc2c2c3c4c5c6c72)cc1. The molecule has 210 valence electrons. The van der Waals surface area contributed by atoms with Crippen molar-refractivity contribution in [3.63, 3.8) is 0 Å². The van der Waals surface area contributed by atoms with E-state index in [2.05, 4.69) is 148 Å². The van der Waals surface area contributed by atoms with Gasteiger partial charge in [-0.15, -0.1) is 0 Å². The third-order valence-electron chi connectivity index (χ3n) is 10.3. The highest BCUT2D eigenvalue weighted by Gasteiger charge is 2.26. The largest absolute Gasteiger partial charge is 0.0587 e. The average Bonchev–Trinajstić information content (AvgIpc) is 3.66. The molecule has 0 nitrogen and oxygen atoms in total. The smallest absolute Gasteiger partial charge is 0.000717 e. The number of benzene rings is 7. The molecule has 0 atom stereocenters. The zero-order valence-corrected chi connectivity index (χ0v) is 25.6. The molecule has 0 fully saturated rings. The van der Waals surface area contributed by atoms with Crippen LogP contribution in [0.5, 0.6) is 0 Å². The first-order valence-electron chi connectivity index (χ1n) is 15.9. The lowest BCUT2D eigenvalue weighted by molar-refractivity contribution is 1.46. The molecule has 10 rings (SSSR count). The van der Waals surface area contributed by atoms with Gasteiger partial charge in [-0.2, -0.15) is 0 Å². The van der Waals surface area contributed by atoms with Crippen molar-refractivity contribution in [3.8, 4) is 0 Å². The standard InChI is InChI=1S/C45H30/c1-25-4-10-28(11-5-25)22-37-31-16-18-33-38(23-29-12-6-26(2)7-13-29)35-20-21-36-39(24-30-14-8-27(3)9-15-30)34-19-17-32(37)41-40(31)42(33)44(35)45(36)43(34)41/h4-24H,1-3H3. The Labute approximate surface area is 261 Å². The van der Waals surface area contributed by atoms with Crippen LogP contribution in [0.25, 0.3) is 82.9 Å². The zero-order valence-electron chi connectivity index (χ0n) is 25.6. The van der Waals surface area contributed by atoms with Gasteiger partial charge in [-0.1, -0.05) is 126 Å². The molecule has 0 unspecified atom stereocenters. The van der Waals surface area contributed by atoms with E-state index in [-0.39, 0.29) is 0 Å². The summed E-state index contributed by atoms with van der Waals surface area (Å²) >= 11 is 0. The fourth-order valence-electron chi connectivity index (χ4n) is 8.10. The second-order valence-corrected chi connectivity index (χ2v) is 13.1. The van der Waals surface area contributed by atoms with Gasteiger partial charge in [-0.25, -0.2) is 0 Å². The highest BCUT2D eigenvalue weighted by atomic mass is 14.3. The predicted molar refractivity (Wildman–Crippen MR) is 195 cm³/mol. The van der Waals surface area contributed by atoms with Gasteiger partial charge in [0.05, 0.1) is 0 Å². The van der Waals surface area contributed by atoms with Gasteiger partial charge in [0, 0.05) is 0 Å². The Hall–Kier alpha value is -5.46. The van der Waals surface area contributed by atoms with Crippen LogP contribution in [0.15, 0.2) is 109 Å². The number of aryl methyl sites for hydroxylation is 3. The quantitative estimate of drug-likeness (QED) is 0.186. The third kappa shape index (κ3) is 3.37. The van der Waals surface area contributed by atoms with Gasteiger partial charge >= 0.3 is 0 Å². The van der Waals surface area contributed by atoms with Crippen LogP contribution in [0.3, 0.4) is 0 Å². The van der Waals surface area contributed by atoms with Crippen molar-refractivity contribution >= 4 is 82.9 Å². The molecule has 10 aromatic carbocycles. The first-order chi connectivity index (χ1) is 22.0. The molecule has 0 aliphatic heterocycles. The lowest BCUT2D eigenvalue weighted by Crippen LogP contribution is -2.00. The van der Waals surface area contributed by atoms with Crippen LogP contribution in [0.4, 0.5) is 0 Å². The molecule has 0 heterocycles. The van der Waals surface area contributed by atoms with E-state index >= 15 is 0 Å². The molecule has 0 amide bonds. The second-order valence-electron chi connectivity index (χ2n) is 13.1. The number of hydrogen-bond donors (Lipinski definition) is 0. The highest BCUT2D eigenvalue weighted by molar-refractivity contribution is 6.47. The van der Waals surface area contributed by atoms with E-state index in [9.17, 15) is 0 Å². The Kier molecular flexibility index (Phi) is 4.88. The van der Waals surface area contributed by atoms with Crippen LogP contribution < -0.4 is 15.7 Å². The summed E-state index contributed by atoms with van der Waals surface area (Å²) in [6, 6.07) is 41.1. The molecular weight excluding hydrogens is 540 g/mol. The Bertz CT molecular complexity index is 2410. The number of hydrogen-bond acceptors (Lipinski definition) is 0. The topological polar surface area (TPSA) is 0 Å². The Balaban J connectivity index is 1.44. The van der Waals surface area contributed by atoms with Gasteiger partial charge in [-0.05, 0) is 136 Å². The van der Waals surface area contributed by atoms with Gasteiger partial charge in [0.2, 0.25) is 0 Å². The van der Waals surface area contributed by atoms with E-state index in [0.717, 1.165) is 0 Å². The molecule has 0 spiro atoms. The van der Waals surface area contributed by atoms with Gasteiger partial charge in [0.25, 0.3) is 0 Å². The van der Waals surface area contributed by atoms with Gasteiger partial charge in [0.1, 0.15) is 0 Å². The normalized spacial score (nSPS) is 12.3. The zero-order chi connectivity index (χ0) is 30.0. The van der Waals surface area contributed by atoms with E-state index < -0.39 is 0 Å². The van der Waals surface area contributed by atoms with E-state index in [4.69, 9.17) is 0 Å². The van der Waals surface area contributed by atoms with E-state index in [1.807, 2.05) is 0 Å². The lowest BCUT2D eigenvalue weighted by Gasteiger charge is -2.07. The highest BCUT2D eigenvalue weighted by Crippen LogP contribution is 2.48. The predicted octanol–water partition coefficient (Wildman–Crippen LogP) is 9.49. The molecular formula is C45H30. The van der Waals surface area contributed by atoms with Crippen LogP contribution in [0.2, 0.25) is 0 Å². The summed E-state index contributed by atoms with van der Waals surface area (Å²) in [6.07, 6.45) is 7.20. The maximum Gasteiger partial charge on any atom is -0.000717 e. The van der Waals surface area contributed by atoms with Gasteiger partial charge < -0.3 is 0 Å². The van der Waals surface area contributed by atoms with E-state index in [1.54, 1.807) is 0 Å². The van der Waals surface area contributed by atoms with E-state index in [0.29, 0.717) is 0 Å². The van der Waals surface area contributed by atoms with Crippen LogP contribution in [0.1, 0.15) is 33.4 Å². The van der Waals surface area contributed by atoms with Crippen molar-refractivity contribution in [3.05, 3.63) is 158 Å². The summed E-state index contributed by atoms with van der Waals surface area (Å²) in [6.45, 7) is 6.46. The molecule has 10 aromatic rings. The summed E-state index contributed by atoms with van der Waals surface area (Å²) in [5.74, 6) is 0. The van der Waals surface area contributed by atoms with Crippen LogP contribution in [0, 0.1) is 20.8 Å². The molecule has 0 saturated heterocycles. The maximum absolute atomic E-state index is 2.40. The average molecular weight is 571 g/mol. The van der Waals surface area contributed by atoms with Gasteiger partial charge in [0.15, 0.2) is 0 Å². The minimum Gasteiger partial charge on any atom is -0.0587 e. The monoisotopic (exact) mass is 570 g/mol. The Morgan fingerprint density at radius 3 is 0.667 bits per heavy atom. The van der Waals surface area contributed by atoms with Crippen molar-refractivity contribution in [1.82, 2.24) is 0 Å². The lowest BCUT2D eigenvalue weighted by atomic mass is 9.95. The second kappa shape index (κ2) is 8.80. The van der Waals surface area contributed by atoms with Crippen molar-refractivity contribution in [1.29, 1.82) is 0 Å². The molecule has 0 saturated carbocycles. The molecule has 0 aliphatic rings. The molecule has 0 aliphatic carbocycles.